The predicted octanol–water partition coefficient (Wildman–Crippen LogP) is 9.76. The van der Waals surface area contributed by atoms with Gasteiger partial charge in [-0.2, -0.15) is 0 Å². The number of hydrogen-bond acceptors (Lipinski definition) is 6. The fourth-order valence-electron chi connectivity index (χ4n) is 6.03. The first-order valence-electron chi connectivity index (χ1n) is 21.0. The SMILES string of the molecule is CCCCCCCCCCCCCCCC(=O)NC[C@H](COP(=O)([O-])OCC[N+](C)(C)C)NC(=O)CCCCCCCCCCCCCCC. The molecule has 298 valence electrons. The van der Waals surface area contributed by atoms with Crippen molar-refractivity contribution in [2.45, 2.75) is 200 Å². The molecule has 2 atom stereocenters. The number of carbonyl (C=O) groups excluding carboxylic acids is 2. The van der Waals surface area contributed by atoms with E-state index in [0.717, 1.165) is 38.5 Å². The van der Waals surface area contributed by atoms with Crippen LogP contribution in [0.4, 0.5) is 0 Å². The highest BCUT2D eigenvalue weighted by atomic mass is 31.2. The largest absolute Gasteiger partial charge is 0.756 e. The van der Waals surface area contributed by atoms with Crippen LogP contribution in [-0.2, 0) is 23.2 Å². The molecule has 0 bridgehead atoms. The highest BCUT2D eigenvalue weighted by Crippen LogP contribution is 2.38. The van der Waals surface area contributed by atoms with E-state index in [1.165, 1.54) is 128 Å². The Hall–Kier alpha value is -0.990. The van der Waals surface area contributed by atoms with Gasteiger partial charge in [-0.25, -0.2) is 0 Å². The van der Waals surface area contributed by atoms with Gasteiger partial charge in [-0.3, -0.25) is 14.2 Å². The lowest BCUT2D eigenvalue weighted by molar-refractivity contribution is -0.870. The second-order valence-corrected chi connectivity index (χ2v) is 17.1. The van der Waals surface area contributed by atoms with E-state index in [0.29, 0.717) is 23.9 Å². The fraction of sp³-hybridized carbons (Fsp3) is 0.950. The average molecular weight is 732 g/mol. The summed E-state index contributed by atoms with van der Waals surface area (Å²) in [5, 5.41) is 5.77. The molecule has 0 saturated heterocycles. The number of unbranched alkanes of at least 4 members (excludes halogenated alkanes) is 24. The number of nitrogens with one attached hydrogen (secondary N) is 2. The Kier molecular flexibility index (Phi) is 33.2. The second-order valence-electron chi connectivity index (χ2n) is 15.6. The minimum Gasteiger partial charge on any atom is -0.756 e. The molecule has 0 aliphatic rings. The number of hydrogen-bond donors (Lipinski definition) is 2. The van der Waals surface area contributed by atoms with Gasteiger partial charge in [0.25, 0.3) is 7.82 Å². The molecule has 0 spiro atoms. The first-order valence-corrected chi connectivity index (χ1v) is 22.4. The normalized spacial score (nSPS) is 13.6. The molecule has 0 rings (SSSR count). The summed E-state index contributed by atoms with van der Waals surface area (Å²) in [6.07, 6.45) is 33.1. The summed E-state index contributed by atoms with van der Waals surface area (Å²) in [6, 6.07) is -0.663. The third-order valence-electron chi connectivity index (χ3n) is 9.37. The van der Waals surface area contributed by atoms with Crippen LogP contribution in [0.15, 0.2) is 0 Å². The first-order chi connectivity index (χ1) is 24.0. The van der Waals surface area contributed by atoms with Crippen LogP contribution in [0.3, 0.4) is 0 Å². The lowest BCUT2D eigenvalue weighted by Gasteiger charge is -2.28. The van der Waals surface area contributed by atoms with Gasteiger partial charge in [0, 0.05) is 19.4 Å². The van der Waals surface area contributed by atoms with Gasteiger partial charge in [-0.1, -0.05) is 168 Å². The summed E-state index contributed by atoms with van der Waals surface area (Å²) < 4.78 is 23.1. The Bertz CT molecular complexity index is 838. The fourth-order valence-corrected chi connectivity index (χ4v) is 6.77. The van der Waals surface area contributed by atoms with E-state index >= 15 is 0 Å². The molecule has 0 aromatic rings. The number of phosphoric ester groups is 1. The summed E-state index contributed by atoms with van der Waals surface area (Å²) >= 11 is 0. The van der Waals surface area contributed by atoms with Gasteiger partial charge in [0.1, 0.15) is 13.2 Å². The average Bonchev–Trinajstić information content (AvgIpc) is 3.06. The Morgan fingerprint density at radius 1 is 0.580 bits per heavy atom. The van der Waals surface area contributed by atoms with E-state index in [-0.39, 0.29) is 31.6 Å². The number of nitrogens with zero attached hydrogens (tertiary/aromatic N) is 1. The molecule has 0 heterocycles. The minimum atomic E-state index is -4.54. The summed E-state index contributed by atoms with van der Waals surface area (Å²) in [7, 11) is 1.30. The van der Waals surface area contributed by atoms with E-state index in [4.69, 9.17) is 9.05 Å². The van der Waals surface area contributed by atoms with E-state index in [1.807, 2.05) is 21.1 Å². The zero-order chi connectivity index (χ0) is 37.2. The Morgan fingerprint density at radius 2 is 0.940 bits per heavy atom. The summed E-state index contributed by atoms with van der Waals surface area (Å²) in [6.45, 7) is 4.85. The van der Waals surface area contributed by atoms with Gasteiger partial charge in [-0.05, 0) is 12.8 Å². The number of likely N-dealkylation sites (N-methyl/N-ethyl adjacent to an activating group) is 1. The summed E-state index contributed by atoms with van der Waals surface area (Å²) in [5.41, 5.74) is 0. The molecule has 1 unspecified atom stereocenters. The molecule has 9 nitrogen and oxygen atoms in total. The monoisotopic (exact) mass is 732 g/mol. The molecule has 0 radical (unpaired) electrons. The van der Waals surface area contributed by atoms with Gasteiger partial charge in [0.15, 0.2) is 0 Å². The zero-order valence-corrected chi connectivity index (χ0v) is 34.4. The van der Waals surface area contributed by atoms with Crippen molar-refractivity contribution in [1.82, 2.24) is 10.6 Å². The predicted molar refractivity (Wildman–Crippen MR) is 208 cm³/mol. The van der Waals surface area contributed by atoms with Crippen LogP contribution in [-0.4, -0.2) is 69.8 Å². The molecule has 0 aromatic heterocycles. The molecule has 2 N–H and O–H groups in total. The number of carbonyl (C=O) groups is 2. The van der Waals surface area contributed by atoms with Crippen molar-refractivity contribution in [1.29, 1.82) is 0 Å². The van der Waals surface area contributed by atoms with Gasteiger partial charge in [0.2, 0.25) is 11.8 Å². The van der Waals surface area contributed by atoms with Crippen LogP contribution in [0.5, 0.6) is 0 Å². The van der Waals surface area contributed by atoms with Gasteiger partial charge >= 0.3 is 0 Å². The van der Waals surface area contributed by atoms with Crippen molar-refractivity contribution in [3.63, 3.8) is 0 Å². The quantitative estimate of drug-likeness (QED) is 0.0371. The number of quaternary nitrogens is 1. The Labute approximate surface area is 309 Å². The van der Waals surface area contributed by atoms with Crippen LogP contribution < -0.4 is 15.5 Å². The number of rotatable bonds is 38. The standard InChI is InChI=1S/C40H82N3O6P/c1-6-8-10-12-14-16-18-20-22-24-26-28-30-32-39(44)41-36-38(37-49-50(46,47)48-35-34-43(3,4)5)42-40(45)33-31-29-27-25-23-21-19-17-15-13-11-9-7-2/h38H,6-37H2,1-5H3,(H2-,41,42,44,45,46,47)/t38-/m1/s1. The highest BCUT2D eigenvalue weighted by molar-refractivity contribution is 7.45. The van der Waals surface area contributed by atoms with E-state index in [2.05, 4.69) is 24.5 Å². The van der Waals surface area contributed by atoms with Crippen molar-refractivity contribution in [2.24, 2.45) is 0 Å². The van der Waals surface area contributed by atoms with Crippen LogP contribution in [0.25, 0.3) is 0 Å². The van der Waals surface area contributed by atoms with E-state index in [1.54, 1.807) is 0 Å². The van der Waals surface area contributed by atoms with Crippen molar-refractivity contribution < 1.29 is 32.6 Å². The third kappa shape index (κ3) is 36.8. The zero-order valence-electron chi connectivity index (χ0n) is 33.5. The number of phosphoric acid groups is 1. The van der Waals surface area contributed by atoms with Crippen molar-refractivity contribution >= 4 is 19.6 Å². The second kappa shape index (κ2) is 33.8. The lowest BCUT2D eigenvalue weighted by Crippen LogP contribution is -2.46. The highest BCUT2D eigenvalue weighted by Gasteiger charge is 2.19. The summed E-state index contributed by atoms with van der Waals surface area (Å²) in [4.78, 5) is 37.7. The number of amides is 2. The third-order valence-corrected chi connectivity index (χ3v) is 10.3. The van der Waals surface area contributed by atoms with E-state index < -0.39 is 13.9 Å². The molecular weight excluding hydrogens is 649 g/mol. The maximum atomic E-state index is 12.8. The van der Waals surface area contributed by atoms with Crippen LogP contribution >= 0.6 is 7.82 Å². The molecule has 0 aliphatic heterocycles. The van der Waals surface area contributed by atoms with Crippen molar-refractivity contribution in [3.8, 4) is 0 Å². The molecule has 2 amide bonds. The molecule has 0 aliphatic carbocycles. The molecule has 50 heavy (non-hydrogen) atoms. The molecule has 0 saturated carbocycles. The minimum absolute atomic E-state index is 0.0101. The van der Waals surface area contributed by atoms with Crippen LogP contribution in [0, 0.1) is 0 Å². The Morgan fingerprint density at radius 3 is 1.32 bits per heavy atom. The maximum absolute atomic E-state index is 12.8. The van der Waals surface area contributed by atoms with Crippen LogP contribution in [0.2, 0.25) is 0 Å². The molecule has 10 heteroatoms. The molecular formula is C40H82N3O6P. The molecule has 0 fully saturated rings. The first kappa shape index (κ1) is 49.0. The Balaban J connectivity index is 4.36. The van der Waals surface area contributed by atoms with Gasteiger partial charge in [-0.15, -0.1) is 0 Å². The smallest absolute Gasteiger partial charge is 0.268 e. The maximum Gasteiger partial charge on any atom is 0.268 e. The lowest BCUT2D eigenvalue weighted by atomic mass is 10.0. The molecule has 0 aromatic carbocycles. The van der Waals surface area contributed by atoms with Crippen LogP contribution in [0.1, 0.15) is 194 Å². The van der Waals surface area contributed by atoms with E-state index in [9.17, 15) is 19.0 Å². The van der Waals surface area contributed by atoms with Crippen molar-refractivity contribution in [3.05, 3.63) is 0 Å². The van der Waals surface area contributed by atoms with Gasteiger partial charge in [0.05, 0.1) is 33.8 Å². The van der Waals surface area contributed by atoms with Gasteiger partial charge < -0.3 is 29.1 Å². The van der Waals surface area contributed by atoms with Crippen molar-refractivity contribution in [2.75, 3.05) is 47.4 Å². The topological polar surface area (TPSA) is 117 Å². The summed E-state index contributed by atoms with van der Waals surface area (Å²) in [5.74, 6) is -0.243.